The Kier molecular flexibility index (Phi) is 4.37. The second-order valence-electron chi connectivity index (χ2n) is 6.42. The molecule has 0 spiro atoms. The van der Waals surface area contributed by atoms with E-state index in [1.807, 2.05) is 56.3 Å². The second kappa shape index (κ2) is 6.99. The fraction of sp³-hybridized carbons (Fsp3) is 0.211. The van der Waals surface area contributed by atoms with Gasteiger partial charge in [-0.05, 0) is 38.1 Å². The van der Waals surface area contributed by atoms with Gasteiger partial charge in [-0.1, -0.05) is 18.2 Å². The number of hydrogen-bond donors (Lipinski definition) is 2. The number of rotatable bonds is 5. The van der Waals surface area contributed by atoms with Gasteiger partial charge in [0.25, 0.3) is 5.91 Å². The Morgan fingerprint density at radius 2 is 1.93 bits per heavy atom. The Bertz CT molecular complexity index is 1110. The Hall–Kier alpha value is -3.55. The van der Waals surface area contributed by atoms with E-state index in [0.29, 0.717) is 18.0 Å². The van der Waals surface area contributed by atoms with Crippen molar-refractivity contribution >= 4 is 28.4 Å². The van der Waals surface area contributed by atoms with Crippen molar-refractivity contribution in [3.63, 3.8) is 0 Å². The highest BCUT2D eigenvalue weighted by atomic mass is 16.2. The van der Waals surface area contributed by atoms with Crippen LogP contribution in [0, 0.1) is 0 Å². The van der Waals surface area contributed by atoms with E-state index < -0.39 is 0 Å². The number of nitrogens with zero attached hydrogens (tertiary/aromatic N) is 5. The summed E-state index contributed by atoms with van der Waals surface area (Å²) in [7, 11) is 0. The number of anilines is 1. The van der Waals surface area contributed by atoms with Crippen LogP contribution in [0.3, 0.4) is 0 Å². The van der Waals surface area contributed by atoms with Crippen LogP contribution in [0.4, 0.5) is 5.82 Å². The number of para-hydroxylation sites is 2. The first kappa shape index (κ1) is 16.9. The number of benzene rings is 1. The zero-order chi connectivity index (χ0) is 18.8. The number of carbonyl (C=O) groups is 1. The summed E-state index contributed by atoms with van der Waals surface area (Å²) in [6, 6.07) is 13.3. The number of aromatic nitrogens is 5. The Balaban J connectivity index is 1.78. The van der Waals surface area contributed by atoms with Crippen molar-refractivity contribution in [3.05, 3.63) is 60.2 Å². The molecule has 8 nitrogen and oxygen atoms in total. The predicted octanol–water partition coefficient (Wildman–Crippen LogP) is 2.42. The maximum atomic E-state index is 12.4. The summed E-state index contributed by atoms with van der Waals surface area (Å²) in [5.41, 5.74) is 2.92. The topological polar surface area (TPSA) is 97.1 Å². The summed E-state index contributed by atoms with van der Waals surface area (Å²) in [5, 5.41) is 10.5. The molecule has 27 heavy (non-hydrogen) atoms. The lowest BCUT2D eigenvalue weighted by atomic mass is 10.3. The highest BCUT2D eigenvalue weighted by Crippen LogP contribution is 2.20. The van der Waals surface area contributed by atoms with Gasteiger partial charge in [0, 0.05) is 12.2 Å². The molecular formula is C19H19N7O. The summed E-state index contributed by atoms with van der Waals surface area (Å²) >= 11 is 0. The minimum absolute atomic E-state index is 0.000678. The SMILES string of the molecule is CC(C)NC(=O)c1nc2c(NCc3ccccn3)nc3ccccc3n2n1. The maximum Gasteiger partial charge on any atom is 0.291 e. The van der Waals surface area contributed by atoms with Crippen LogP contribution < -0.4 is 10.6 Å². The average Bonchev–Trinajstić information content (AvgIpc) is 3.12. The molecule has 0 radical (unpaired) electrons. The van der Waals surface area contributed by atoms with Crippen LogP contribution in [0.1, 0.15) is 30.2 Å². The molecule has 0 saturated carbocycles. The first-order valence-corrected chi connectivity index (χ1v) is 8.72. The van der Waals surface area contributed by atoms with Gasteiger partial charge in [0.15, 0.2) is 11.5 Å². The van der Waals surface area contributed by atoms with Gasteiger partial charge in [-0.2, -0.15) is 4.98 Å². The normalized spacial score (nSPS) is 11.2. The van der Waals surface area contributed by atoms with Gasteiger partial charge in [0.1, 0.15) is 0 Å². The number of carbonyl (C=O) groups excluding carboxylic acids is 1. The fourth-order valence-corrected chi connectivity index (χ4v) is 2.76. The summed E-state index contributed by atoms with van der Waals surface area (Å²) in [4.78, 5) is 25.7. The number of pyridine rings is 1. The van der Waals surface area contributed by atoms with E-state index in [1.54, 1.807) is 10.7 Å². The van der Waals surface area contributed by atoms with Gasteiger partial charge in [-0.15, -0.1) is 5.10 Å². The van der Waals surface area contributed by atoms with Crippen LogP contribution in [0.5, 0.6) is 0 Å². The van der Waals surface area contributed by atoms with Crippen molar-refractivity contribution in [1.29, 1.82) is 0 Å². The summed E-state index contributed by atoms with van der Waals surface area (Å²) in [6.07, 6.45) is 1.74. The molecule has 1 aromatic carbocycles. The Morgan fingerprint density at radius 1 is 1.11 bits per heavy atom. The van der Waals surface area contributed by atoms with E-state index >= 15 is 0 Å². The minimum atomic E-state index is -0.312. The molecular weight excluding hydrogens is 342 g/mol. The van der Waals surface area contributed by atoms with Crippen LogP contribution in [0.15, 0.2) is 48.7 Å². The summed E-state index contributed by atoms with van der Waals surface area (Å²) in [6.45, 7) is 4.28. The molecule has 0 fully saturated rings. The maximum absolute atomic E-state index is 12.4. The summed E-state index contributed by atoms with van der Waals surface area (Å²) < 4.78 is 1.65. The van der Waals surface area contributed by atoms with Crippen molar-refractivity contribution in [2.45, 2.75) is 26.4 Å². The molecule has 3 aromatic heterocycles. The van der Waals surface area contributed by atoms with Crippen LogP contribution >= 0.6 is 0 Å². The van der Waals surface area contributed by atoms with E-state index in [2.05, 4.69) is 30.7 Å². The van der Waals surface area contributed by atoms with E-state index in [-0.39, 0.29) is 17.8 Å². The van der Waals surface area contributed by atoms with Crippen LogP contribution in [-0.2, 0) is 6.54 Å². The predicted molar refractivity (Wildman–Crippen MR) is 102 cm³/mol. The molecule has 0 saturated heterocycles. The largest absolute Gasteiger partial charge is 0.361 e. The number of amides is 1. The monoisotopic (exact) mass is 361 g/mol. The van der Waals surface area contributed by atoms with Crippen LogP contribution in [0.25, 0.3) is 16.7 Å². The highest BCUT2D eigenvalue weighted by Gasteiger charge is 2.18. The lowest BCUT2D eigenvalue weighted by Crippen LogP contribution is -2.30. The van der Waals surface area contributed by atoms with Gasteiger partial charge in [0.2, 0.25) is 5.82 Å². The Labute approximate surface area is 155 Å². The molecule has 0 atom stereocenters. The van der Waals surface area contributed by atoms with Crippen LogP contribution in [-0.4, -0.2) is 36.5 Å². The van der Waals surface area contributed by atoms with Gasteiger partial charge in [0.05, 0.1) is 23.3 Å². The molecule has 4 aromatic rings. The number of hydrogen-bond acceptors (Lipinski definition) is 6. The molecule has 8 heteroatoms. The first-order chi connectivity index (χ1) is 13.1. The van der Waals surface area contributed by atoms with Crippen molar-refractivity contribution in [3.8, 4) is 0 Å². The van der Waals surface area contributed by atoms with Gasteiger partial charge in [-0.3, -0.25) is 9.78 Å². The zero-order valence-corrected chi connectivity index (χ0v) is 15.0. The minimum Gasteiger partial charge on any atom is -0.361 e. The zero-order valence-electron chi connectivity index (χ0n) is 15.0. The average molecular weight is 361 g/mol. The molecule has 0 aliphatic rings. The highest BCUT2D eigenvalue weighted by molar-refractivity contribution is 5.92. The standard InChI is InChI=1S/C19H19N7O/c1-12(2)22-19(27)17-24-18-16(21-11-13-7-5-6-10-20-13)23-14-8-3-4-9-15(14)26(18)25-17/h3-10,12H,11H2,1-2H3,(H,21,23)(H,22,27). The third kappa shape index (κ3) is 3.41. The van der Waals surface area contributed by atoms with E-state index in [0.717, 1.165) is 16.7 Å². The van der Waals surface area contributed by atoms with Gasteiger partial charge < -0.3 is 10.6 Å². The third-order valence-electron chi connectivity index (χ3n) is 3.95. The lowest BCUT2D eigenvalue weighted by Gasteiger charge is -2.08. The van der Waals surface area contributed by atoms with Crippen LogP contribution in [0.2, 0.25) is 0 Å². The molecule has 0 unspecified atom stereocenters. The van der Waals surface area contributed by atoms with Gasteiger partial charge >= 0.3 is 0 Å². The number of nitrogens with one attached hydrogen (secondary N) is 2. The third-order valence-corrected chi connectivity index (χ3v) is 3.95. The molecule has 1 amide bonds. The number of fused-ring (bicyclic) bond motifs is 3. The molecule has 4 rings (SSSR count). The molecule has 2 N–H and O–H groups in total. The molecule has 0 bridgehead atoms. The quantitative estimate of drug-likeness (QED) is 0.567. The molecule has 0 aliphatic carbocycles. The molecule has 3 heterocycles. The van der Waals surface area contributed by atoms with Gasteiger partial charge in [-0.25, -0.2) is 9.50 Å². The van der Waals surface area contributed by atoms with Crippen molar-refractivity contribution in [2.75, 3.05) is 5.32 Å². The van der Waals surface area contributed by atoms with Crippen molar-refractivity contribution in [1.82, 2.24) is 29.9 Å². The lowest BCUT2D eigenvalue weighted by molar-refractivity contribution is 0.0933. The van der Waals surface area contributed by atoms with E-state index in [4.69, 9.17) is 0 Å². The molecule has 0 aliphatic heterocycles. The first-order valence-electron chi connectivity index (χ1n) is 8.72. The second-order valence-corrected chi connectivity index (χ2v) is 6.42. The van der Waals surface area contributed by atoms with Crippen molar-refractivity contribution < 1.29 is 4.79 Å². The van der Waals surface area contributed by atoms with E-state index in [1.165, 1.54) is 0 Å². The smallest absolute Gasteiger partial charge is 0.291 e. The Morgan fingerprint density at radius 3 is 2.70 bits per heavy atom. The fourth-order valence-electron chi connectivity index (χ4n) is 2.76. The summed E-state index contributed by atoms with van der Waals surface area (Å²) in [5.74, 6) is 0.353. The van der Waals surface area contributed by atoms with Crippen molar-refractivity contribution in [2.24, 2.45) is 0 Å². The molecule has 136 valence electrons. The van der Waals surface area contributed by atoms with E-state index in [9.17, 15) is 4.79 Å².